The van der Waals surface area contributed by atoms with Gasteiger partial charge < -0.3 is 150 Å². The Morgan fingerprint density at radius 3 is 0.661 bits per heavy atom. The number of carbonyl (C=O) groups excluding carboxylic acids is 10. The lowest BCUT2D eigenvalue weighted by Gasteiger charge is -2.17. The first kappa shape index (κ1) is 101. The van der Waals surface area contributed by atoms with Crippen LogP contribution in [0.2, 0.25) is 0 Å². The van der Waals surface area contributed by atoms with E-state index >= 15 is 0 Å². The summed E-state index contributed by atoms with van der Waals surface area (Å²) in [4.78, 5) is 156. The maximum atomic E-state index is 11.8. The number of allylic oxidation sites excluding steroid dienone is 2. The highest BCUT2D eigenvalue weighted by atomic mass is 16.7. The van der Waals surface area contributed by atoms with Crippen LogP contribution in [0.4, 0.5) is 0 Å². The molecular formula is C78H114O43. The minimum absolute atomic E-state index is 0. The van der Waals surface area contributed by atoms with Gasteiger partial charge >= 0.3 is 71.6 Å². The van der Waals surface area contributed by atoms with Gasteiger partial charge in [0.1, 0.15) is 97.0 Å². The molecule has 0 aliphatic carbocycles. The molecule has 0 spiro atoms. The van der Waals surface area contributed by atoms with Gasteiger partial charge in [-0.1, -0.05) is 27.5 Å². The van der Waals surface area contributed by atoms with Gasteiger partial charge in [0.2, 0.25) is 0 Å². The minimum atomic E-state index is -1.08. The molecule has 12 rings (SSSR count). The topological polar surface area (TPSA) is 606 Å². The van der Waals surface area contributed by atoms with Gasteiger partial charge in [0.25, 0.3) is 0 Å². The van der Waals surface area contributed by atoms with Crippen molar-refractivity contribution in [3.63, 3.8) is 0 Å². The highest BCUT2D eigenvalue weighted by molar-refractivity contribution is 5.79. The smallest absolute Gasteiger partial charge is 0.306 e. The Kier molecular flexibility index (Phi) is 42.6. The quantitative estimate of drug-likeness (QED) is 0.0238. The van der Waals surface area contributed by atoms with Crippen LogP contribution in [0.3, 0.4) is 0 Å². The summed E-state index contributed by atoms with van der Waals surface area (Å²) in [5.41, 5.74) is 0. The van der Waals surface area contributed by atoms with Crippen molar-refractivity contribution in [1.29, 1.82) is 0 Å². The number of hydrogen-bond donors (Lipinski definition) is 9. The second-order valence-corrected chi connectivity index (χ2v) is 30.0. The summed E-state index contributed by atoms with van der Waals surface area (Å²) in [6.07, 6.45) is -8.99. The fourth-order valence-corrected chi connectivity index (χ4v) is 14.1. The van der Waals surface area contributed by atoms with Gasteiger partial charge in [0.05, 0.1) is 135 Å². The largest absolute Gasteiger partial charge is 0.513 e. The summed E-state index contributed by atoms with van der Waals surface area (Å²) in [6, 6.07) is 0. The molecular weight excluding hydrogens is 1620 g/mol. The van der Waals surface area contributed by atoms with Crippen molar-refractivity contribution in [2.45, 2.75) is 297 Å². The van der Waals surface area contributed by atoms with Gasteiger partial charge in [0.15, 0.2) is 48.8 Å². The molecule has 24 atom stereocenters. The number of aliphatic hydroxyl groups excluding tert-OH is 5. The molecule has 0 radical (unpaired) electrons. The Balaban J connectivity index is 0.000000226. The minimum Gasteiger partial charge on any atom is -0.513 e. The van der Waals surface area contributed by atoms with E-state index in [4.69, 9.17) is 125 Å². The van der Waals surface area contributed by atoms with Crippen LogP contribution < -0.4 is 0 Å². The first-order chi connectivity index (χ1) is 57.0. The third-order valence-corrected chi connectivity index (χ3v) is 20.1. The number of carboxylic acid groups (broad SMARTS) is 4. The van der Waals surface area contributed by atoms with E-state index in [2.05, 4.69) is 13.2 Å². The van der Waals surface area contributed by atoms with Crippen LogP contribution >= 0.6 is 0 Å². The van der Waals surface area contributed by atoms with Crippen molar-refractivity contribution >= 4 is 83.2 Å². The number of carbonyl (C=O) groups is 14. The lowest BCUT2D eigenvalue weighted by Crippen LogP contribution is -2.36. The Morgan fingerprint density at radius 1 is 0.248 bits per heavy atom. The molecule has 684 valence electrons. The van der Waals surface area contributed by atoms with Crippen molar-refractivity contribution in [3.8, 4) is 0 Å². The van der Waals surface area contributed by atoms with Crippen molar-refractivity contribution in [2.24, 2.45) is 5.92 Å². The molecule has 12 aliphatic rings. The molecule has 12 fully saturated rings. The molecule has 12 heterocycles. The molecule has 0 amide bonds. The van der Waals surface area contributed by atoms with Gasteiger partial charge in [-0.3, -0.25) is 57.5 Å². The molecule has 12 aliphatic heterocycles. The molecule has 0 bridgehead atoms. The number of aliphatic hydroxyl groups is 5. The zero-order chi connectivity index (χ0) is 87.9. The van der Waals surface area contributed by atoms with E-state index in [1.165, 1.54) is 13.8 Å². The van der Waals surface area contributed by atoms with Crippen LogP contribution in [0.1, 0.15) is 157 Å². The summed E-state index contributed by atoms with van der Waals surface area (Å²) in [5, 5.41) is 80.3. The third-order valence-electron chi connectivity index (χ3n) is 20.1. The van der Waals surface area contributed by atoms with Gasteiger partial charge in [-0.15, -0.1) is 0 Å². The van der Waals surface area contributed by atoms with Gasteiger partial charge in [-0.2, -0.15) is 0 Å². The maximum Gasteiger partial charge on any atom is 0.306 e. The van der Waals surface area contributed by atoms with E-state index in [0.29, 0.717) is 51.2 Å². The van der Waals surface area contributed by atoms with E-state index in [1.54, 1.807) is 0 Å². The predicted molar refractivity (Wildman–Crippen MR) is 398 cm³/mol. The van der Waals surface area contributed by atoms with Gasteiger partial charge in [-0.05, 0) is 39.5 Å². The highest BCUT2D eigenvalue weighted by Gasteiger charge is 2.55. The summed E-state index contributed by atoms with van der Waals surface area (Å²) >= 11 is 0. The number of ether oxygens (including phenoxy) is 20. The Morgan fingerprint density at radius 2 is 0.430 bits per heavy atom. The fraction of sp³-hybridized carbons (Fsp3) is 0.769. The van der Waals surface area contributed by atoms with E-state index in [0.717, 1.165) is 0 Å². The molecule has 0 unspecified atom stereocenters. The summed E-state index contributed by atoms with van der Waals surface area (Å²) in [6.45, 7) is 14.3. The monoisotopic (exact) mass is 1740 g/mol. The standard InChI is InChI=1S/C17H24O9.C15H20O9.2C12H18O6.C11H16O6.C10H14O7.CH4/c1-10(18)4-2-6-14(21)25-11-8-23-17-12(9-24-16(11)17)26-15(22)7-3-5-13(19)20;1-8(16)2-4-12(19)23-9-6-21-15-10(7-22-14(9)15)24-13(20)5-3-11(17)18;1-7-5-16-12-8(6-17-11(7)12)18-10(15)4-2-3-9(13)14;1-7(13)3-2-4-10(15)18-9-6-17-11-8(14)5-16-12(9)11;1-6(12)2-3-9(14)17-8-5-16-10-7(13)4-15-11(8)10;11-5-3-15-10-6(4-16-9(5)10)17-8(14)2-1-7(12)13;/h11-12,16-17H,2-9H2,1H3,(H,19,20);9-10,14-16H,1-7H2,(H,17,18);7-8,11-12H,2-6H2,1H3,(H,13,14);8-9,11-12,14H,2-6H2,1H3;7-8,10-13H,1-5H2;5-6,9-11H,1-4H2,(H,12,13);1H4/t11-,12+,16+,17+;9-,10+,14+,15+;7-,8+,11+,12+;8-,9+,11-,12-;7-,8+,10-,11-;5-,6+,9+,10+;/m000110./s1. The second kappa shape index (κ2) is 50.9. The average molecular weight is 1740 g/mol. The van der Waals surface area contributed by atoms with Crippen LogP contribution in [0.15, 0.2) is 24.7 Å². The molecule has 43 heteroatoms. The molecule has 9 N–H and O–H groups in total. The van der Waals surface area contributed by atoms with Crippen LogP contribution in [0.5, 0.6) is 0 Å². The molecule has 121 heavy (non-hydrogen) atoms. The lowest BCUT2D eigenvalue weighted by molar-refractivity contribution is -0.157. The second-order valence-electron chi connectivity index (χ2n) is 30.0. The van der Waals surface area contributed by atoms with E-state index in [1.807, 2.05) is 6.92 Å². The normalized spacial score (nSPS) is 31.6. The van der Waals surface area contributed by atoms with E-state index in [9.17, 15) is 82.4 Å². The van der Waals surface area contributed by atoms with Crippen molar-refractivity contribution < 1.29 is 208 Å². The van der Waals surface area contributed by atoms with Crippen LogP contribution in [-0.4, -0.2) is 349 Å². The zero-order valence-corrected chi connectivity index (χ0v) is 66.8. The van der Waals surface area contributed by atoms with Crippen LogP contribution in [0.25, 0.3) is 0 Å². The maximum absolute atomic E-state index is 11.8. The highest BCUT2D eigenvalue weighted by Crippen LogP contribution is 2.37. The molecule has 0 aromatic heterocycles. The Hall–Kier alpha value is -8.54. The van der Waals surface area contributed by atoms with Gasteiger partial charge in [0, 0.05) is 70.1 Å². The summed E-state index contributed by atoms with van der Waals surface area (Å²) < 4.78 is 107. The number of ketones is 2. The number of aliphatic carboxylic acids is 4. The number of esters is 8. The summed E-state index contributed by atoms with van der Waals surface area (Å²) in [5.74, 6) is -7.56. The number of rotatable bonds is 36. The lowest BCUT2D eigenvalue weighted by atomic mass is 10.0. The van der Waals surface area contributed by atoms with E-state index in [-0.39, 0.29) is 241 Å². The van der Waals surface area contributed by atoms with Crippen molar-refractivity contribution in [2.75, 3.05) is 79.3 Å². The molecule has 0 saturated carbocycles. The van der Waals surface area contributed by atoms with Crippen LogP contribution in [-0.2, 0) is 162 Å². The van der Waals surface area contributed by atoms with Gasteiger partial charge in [-0.25, -0.2) is 0 Å². The third kappa shape index (κ3) is 33.6. The SMILES string of the molecule is C.C=C(O)CCC(=O)O[C@H]1CO[C@H]2[C@@H]1OC[C@H]2O.C=C(O)CCC(=O)O[C@H]1CO[C@H]2[C@@H]1OC[C@H]2OC(=O)CCC(=O)O.CC(=O)CCCC(=O)O[C@H]1CO[C@H]2[C@@H]1OC[C@H]2O.CC(=O)CCCC(=O)O[C@H]1CO[C@H]2[C@@H]1OC[C@H]2OC(=O)CCCC(=O)O.C[C@H]1CO[C@H]2[C@@H]1OC[C@H]2OC(=O)CCCC(=O)O.O=C(O)CCC(=O)O[C@@H]1CO[C@H]2[C@@H]1OC[C@@H]2O. The number of Topliss-reactive ketones (excluding diaryl/α,β-unsaturated/α-hetero) is 2. The first-order valence-corrected chi connectivity index (χ1v) is 39.6. The number of carboxylic acids is 4. The van der Waals surface area contributed by atoms with Crippen molar-refractivity contribution in [3.05, 3.63) is 24.7 Å². The number of fused-ring (bicyclic) bond motifs is 6. The Bertz CT molecular complexity index is 3250. The zero-order valence-electron chi connectivity index (χ0n) is 66.8. The molecule has 43 nitrogen and oxygen atoms in total. The average Bonchev–Trinajstić information content (AvgIpc) is 1.65. The van der Waals surface area contributed by atoms with Crippen molar-refractivity contribution in [1.82, 2.24) is 0 Å². The Labute approximate surface area is 695 Å². The van der Waals surface area contributed by atoms with E-state index < -0.39 is 163 Å². The fourth-order valence-electron chi connectivity index (χ4n) is 14.1. The molecule has 0 aromatic rings. The van der Waals surface area contributed by atoms with Crippen LogP contribution in [0, 0.1) is 5.92 Å². The molecule has 0 aromatic carbocycles. The molecule has 12 saturated heterocycles. The number of hydrogen-bond acceptors (Lipinski definition) is 39. The predicted octanol–water partition coefficient (Wildman–Crippen LogP) is 0.815. The summed E-state index contributed by atoms with van der Waals surface area (Å²) in [7, 11) is 0. The first-order valence-electron chi connectivity index (χ1n) is 39.6.